The molecule has 0 saturated carbocycles. The van der Waals surface area contributed by atoms with Crippen molar-refractivity contribution in [3.63, 3.8) is 0 Å². The Balaban J connectivity index is 2.06. The lowest BCUT2D eigenvalue weighted by molar-refractivity contribution is 0.580. The SMILES string of the molecule is CCNc1ccc(S(=O)(=O)NCc2cscn2)cc1. The number of rotatable bonds is 6. The van der Waals surface area contributed by atoms with Gasteiger partial charge < -0.3 is 5.32 Å². The van der Waals surface area contributed by atoms with Gasteiger partial charge in [-0.25, -0.2) is 18.1 Å². The number of hydrogen-bond donors (Lipinski definition) is 2. The van der Waals surface area contributed by atoms with Gasteiger partial charge in [0.25, 0.3) is 0 Å². The molecule has 0 radical (unpaired) electrons. The van der Waals surface area contributed by atoms with E-state index in [-0.39, 0.29) is 11.4 Å². The van der Waals surface area contributed by atoms with E-state index in [2.05, 4.69) is 15.0 Å². The topological polar surface area (TPSA) is 71.1 Å². The van der Waals surface area contributed by atoms with Crippen molar-refractivity contribution < 1.29 is 8.42 Å². The maximum atomic E-state index is 12.0. The Bertz CT molecular complexity index is 607. The first kappa shape index (κ1) is 14.0. The van der Waals surface area contributed by atoms with Crippen LogP contribution in [-0.4, -0.2) is 19.9 Å². The second-order valence-corrected chi connectivity index (χ2v) is 6.34. The van der Waals surface area contributed by atoms with Crippen LogP contribution in [0.15, 0.2) is 40.1 Å². The Morgan fingerprint density at radius 2 is 2.00 bits per heavy atom. The minimum absolute atomic E-state index is 0.209. The molecule has 0 spiro atoms. The number of aromatic nitrogens is 1. The Morgan fingerprint density at radius 3 is 2.58 bits per heavy atom. The van der Waals surface area contributed by atoms with Gasteiger partial charge in [0.05, 0.1) is 22.6 Å². The van der Waals surface area contributed by atoms with E-state index in [9.17, 15) is 8.42 Å². The summed E-state index contributed by atoms with van der Waals surface area (Å²) in [6, 6.07) is 6.67. The lowest BCUT2D eigenvalue weighted by Crippen LogP contribution is -2.23. The maximum Gasteiger partial charge on any atom is 0.240 e. The molecule has 0 atom stereocenters. The summed E-state index contributed by atoms with van der Waals surface area (Å²) in [4.78, 5) is 4.29. The van der Waals surface area contributed by atoms with Crippen LogP contribution in [0.25, 0.3) is 0 Å². The molecule has 1 aromatic heterocycles. The number of hydrogen-bond acceptors (Lipinski definition) is 5. The number of sulfonamides is 1. The van der Waals surface area contributed by atoms with E-state index in [1.54, 1.807) is 29.8 Å². The summed E-state index contributed by atoms with van der Waals surface area (Å²) in [5, 5.41) is 4.93. The first-order valence-electron chi connectivity index (χ1n) is 5.82. The van der Waals surface area contributed by atoms with E-state index in [4.69, 9.17) is 0 Å². The summed E-state index contributed by atoms with van der Waals surface area (Å²) in [5.74, 6) is 0. The Morgan fingerprint density at radius 1 is 1.26 bits per heavy atom. The zero-order chi connectivity index (χ0) is 13.7. The summed E-state index contributed by atoms with van der Waals surface area (Å²) in [7, 11) is -3.48. The van der Waals surface area contributed by atoms with Crippen molar-refractivity contribution in [1.82, 2.24) is 9.71 Å². The van der Waals surface area contributed by atoms with Crippen molar-refractivity contribution in [3.05, 3.63) is 40.8 Å². The Labute approximate surface area is 116 Å². The van der Waals surface area contributed by atoms with Crippen LogP contribution in [0.1, 0.15) is 12.6 Å². The molecule has 102 valence electrons. The normalized spacial score (nSPS) is 11.4. The second kappa shape index (κ2) is 6.14. The molecule has 19 heavy (non-hydrogen) atoms. The third kappa shape index (κ3) is 3.76. The van der Waals surface area contributed by atoms with Crippen molar-refractivity contribution >= 4 is 27.0 Å². The van der Waals surface area contributed by atoms with Crippen LogP contribution >= 0.6 is 11.3 Å². The molecule has 0 aliphatic heterocycles. The van der Waals surface area contributed by atoms with Crippen LogP contribution in [0.5, 0.6) is 0 Å². The number of thiazole rings is 1. The van der Waals surface area contributed by atoms with Gasteiger partial charge in [-0.2, -0.15) is 0 Å². The van der Waals surface area contributed by atoms with E-state index >= 15 is 0 Å². The molecule has 2 rings (SSSR count). The highest BCUT2D eigenvalue weighted by molar-refractivity contribution is 7.89. The van der Waals surface area contributed by atoms with Crippen molar-refractivity contribution in [2.75, 3.05) is 11.9 Å². The Hall–Kier alpha value is -1.44. The molecule has 1 aromatic carbocycles. The summed E-state index contributed by atoms with van der Waals surface area (Å²) in [6.07, 6.45) is 0. The molecular weight excluding hydrogens is 282 g/mol. The van der Waals surface area contributed by atoms with Gasteiger partial charge in [-0.3, -0.25) is 0 Å². The molecule has 1 heterocycles. The Kier molecular flexibility index (Phi) is 4.52. The van der Waals surface area contributed by atoms with E-state index in [1.165, 1.54) is 11.3 Å². The molecule has 0 aliphatic carbocycles. The molecule has 0 amide bonds. The highest BCUT2D eigenvalue weighted by Gasteiger charge is 2.13. The summed E-state index contributed by atoms with van der Waals surface area (Å²) < 4.78 is 26.6. The first-order chi connectivity index (χ1) is 9.12. The first-order valence-corrected chi connectivity index (χ1v) is 8.25. The number of nitrogens with one attached hydrogen (secondary N) is 2. The van der Waals surface area contributed by atoms with Gasteiger partial charge in [-0.05, 0) is 31.2 Å². The number of nitrogens with zero attached hydrogens (tertiary/aromatic N) is 1. The van der Waals surface area contributed by atoms with Crippen molar-refractivity contribution in [3.8, 4) is 0 Å². The molecule has 0 bridgehead atoms. The summed E-state index contributed by atoms with van der Waals surface area (Å²) in [6.45, 7) is 3.00. The van der Waals surface area contributed by atoms with Crippen LogP contribution < -0.4 is 10.0 Å². The molecule has 7 heteroatoms. The van der Waals surface area contributed by atoms with Gasteiger partial charge in [0.15, 0.2) is 0 Å². The molecule has 0 fully saturated rings. The smallest absolute Gasteiger partial charge is 0.240 e. The predicted molar refractivity (Wildman–Crippen MR) is 76.7 cm³/mol. The van der Waals surface area contributed by atoms with Crippen molar-refractivity contribution in [1.29, 1.82) is 0 Å². The lowest BCUT2D eigenvalue weighted by Gasteiger charge is -2.07. The van der Waals surface area contributed by atoms with Crippen LogP contribution in [0.3, 0.4) is 0 Å². The van der Waals surface area contributed by atoms with Gasteiger partial charge >= 0.3 is 0 Å². The number of anilines is 1. The second-order valence-electron chi connectivity index (χ2n) is 3.86. The predicted octanol–water partition coefficient (Wildman–Crippen LogP) is 2.05. The molecular formula is C12H15N3O2S2. The minimum atomic E-state index is -3.48. The van der Waals surface area contributed by atoms with Crippen molar-refractivity contribution in [2.45, 2.75) is 18.4 Å². The van der Waals surface area contributed by atoms with E-state index < -0.39 is 10.0 Å². The fourth-order valence-electron chi connectivity index (χ4n) is 1.53. The fourth-order valence-corrected chi connectivity index (χ4v) is 3.09. The largest absolute Gasteiger partial charge is 0.385 e. The highest BCUT2D eigenvalue weighted by atomic mass is 32.2. The zero-order valence-corrected chi connectivity index (χ0v) is 12.1. The fraction of sp³-hybridized carbons (Fsp3) is 0.250. The maximum absolute atomic E-state index is 12.0. The van der Waals surface area contributed by atoms with Gasteiger partial charge in [0, 0.05) is 17.6 Å². The summed E-state index contributed by atoms with van der Waals surface area (Å²) >= 11 is 1.44. The molecule has 2 N–H and O–H groups in total. The molecule has 0 aliphatic rings. The average molecular weight is 297 g/mol. The van der Waals surface area contributed by atoms with Gasteiger partial charge in [0.2, 0.25) is 10.0 Å². The van der Waals surface area contributed by atoms with Gasteiger partial charge in [-0.15, -0.1) is 11.3 Å². The standard InChI is InChI=1S/C12H15N3O2S2/c1-2-13-10-3-5-12(6-4-10)19(16,17)15-7-11-8-18-9-14-11/h3-6,8-9,13,15H,2,7H2,1H3. The molecule has 0 unspecified atom stereocenters. The minimum Gasteiger partial charge on any atom is -0.385 e. The van der Waals surface area contributed by atoms with Crippen LogP contribution in [0.2, 0.25) is 0 Å². The monoisotopic (exact) mass is 297 g/mol. The molecule has 5 nitrogen and oxygen atoms in total. The van der Waals surface area contributed by atoms with E-state index in [1.807, 2.05) is 12.3 Å². The third-order valence-electron chi connectivity index (χ3n) is 2.47. The molecule has 0 saturated heterocycles. The van der Waals surface area contributed by atoms with Crippen molar-refractivity contribution in [2.24, 2.45) is 0 Å². The number of benzene rings is 1. The highest BCUT2D eigenvalue weighted by Crippen LogP contribution is 2.14. The lowest BCUT2D eigenvalue weighted by atomic mass is 10.3. The third-order valence-corrected chi connectivity index (χ3v) is 4.52. The average Bonchev–Trinajstić information content (AvgIpc) is 2.91. The summed E-state index contributed by atoms with van der Waals surface area (Å²) in [5.41, 5.74) is 3.30. The zero-order valence-electron chi connectivity index (χ0n) is 10.5. The van der Waals surface area contributed by atoms with E-state index in [0.29, 0.717) is 0 Å². The quantitative estimate of drug-likeness (QED) is 0.856. The van der Waals surface area contributed by atoms with Crippen LogP contribution in [0.4, 0.5) is 5.69 Å². The van der Waals surface area contributed by atoms with E-state index in [0.717, 1.165) is 17.9 Å². The van der Waals surface area contributed by atoms with Crippen LogP contribution in [0, 0.1) is 0 Å². The van der Waals surface area contributed by atoms with Crippen LogP contribution in [-0.2, 0) is 16.6 Å². The molecule has 2 aromatic rings. The van der Waals surface area contributed by atoms with Gasteiger partial charge in [-0.1, -0.05) is 0 Å². The van der Waals surface area contributed by atoms with Gasteiger partial charge in [0.1, 0.15) is 0 Å².